The molecule has 1 spiro atoms. The van der Waals surface area contributed by atoms with E-state index in [4.69, 9.17) is 0 Å². The zero-order valence-corrected chi connectivity index (χ0v) is 15.1. The van der Waals surface area contributed by atoms with E-state index in [0.29, 0.717) is 18.5 Å². The van der Waals surface area contributed by atoms with Crippen molar-refractivity contribution in [3.63, 3.8) is 0 Å². The third-order valence-electron chi connectivity index (χ3n) is 4.78. The molecule has 6 nitrogen and oxygen atoms in total. The van der Waals surface area contributed by atoms with E-state index < -0.39 is 17.6 Å². The van der Waals surface area contributed by atoms with E-state index in [1.165, 1.54) is 0 Å². The van der Waals surface area contributed by atoms with Crippen LogP contribution in [0.1, 0.15) is 39.0 Å². The molecule has 1 atom stereocenters. The van der Waals surface area contributed by atoms with Crippen LogP contribution in [-0.4, -0.2) is 34.3 Å². The van der Waals surface area contributed by atoms with Gasteiger partial charge in [0.2, 0.25) is 5.91 Å². The Kier molecular flexibility index (Phi) is 4.62. The maximum absolute atomic E-state index is 12.8. The number of anilines is 1. The van der Waals surface area contributed by atoms with Gasteiger partial charge in [-0.25, -0.2) is 9.69 Å². The van der Waals surface area contributed by atoms with Crippen LogP contribution in [0.15, 0.2) is 28.7 Å². The first-order chi connectivity index (χ1) is 11.4. The largest absolute Gasteiger partial charge is 0.325 e. The number of carbonyl (C=O) groups excluding carboxylic acids is 3. The molecule has 4 amide bonds. The minimum atomic E-state index is -0.859. The van der Waals surface area contributed by atoms with Crippen molar-refractivity contribution in [1.82, 2.24) is 10.2 Å². The van der Waals surface area contributed by atoms with Gasteiger partial charge >= 0.3 is 6.03 Å². The second kappa shape index (κ2) is 6.55. The zero-order valence-electron chi connectivity index (χ0n) is 13.5. The lowest BCUT2D eigenvalue weighted by Crippen LogP contribution is -2.50. The molecule has 3 rings (SSSR count). The summed E-state index contributed by atoms with van der Waals surface area (Å²) in [6.45, 7) is 1.58. The van der Waals surface area contributed by atoms with Crippen LogP contribution in [0.5, 0.6) is 0 Å². The van der Waals surface area contributed by atoms with E-state index >= 15 is 0 Å². The summed E-state index contributed by atoms with van der Waals surface area (Å²) < 4.78 is 0.905. The summed E-state index contributed by atoms with van der Waals surface area (Å²) in [6.07, 6.45) is 4.20. The molecule has 1 saturated heterocycles. The number of amides is 4. The number of nitrogens with zero attached hydrogens (tertiary/aromatic N) is 1. The smallest absolute Gasteiger partial charge is 0.324 e. The number of nitrogens with one attached hydrogen (secondary N) is 2. The van der Waals surface area contributed by atoms with Gasteiger partial charge in [-0.3, -0.25) is 9.59 Å². The zero-order chi connectivity index (χ0) is 17.3. The molecule has 2 aliphatic rings. The highest BCUT2D eigenvalue weighted by atomic mass is 79.9. The number of hydrogen-bond donors (Lipinski definition) is 2. The Hall–Kier alpha value is -1.89. The van der Waals surface area contributed by atoms with E-state index in [0.717, 1.165) is 28.6 Å². The number of urea groups is 1. The fraction of sp³-hybridized carbons (Fsp3) is 0.471. The van der Waals surface area contributed by atoms with Crippen LogP contribution in [0.3, 0.4) is 0 Å². The monoisotopic (exact) mass is 393 g/mol. The number of carbonyl (C=O) groups is 3. The van der Waals surface area contributed by atoms with Gasteiger partial charge in [0.1, 0.15) is 11.6 Å². The maximum Gasteiger partial charge on any atom is 0.325 e. The topological polar surface area (TPSA) is 78.5 Å². The predicted molar refractivity (Wildman–Crippen MR) is 93.4 cm³/mol. The van der Waals surface area contributed by atoms with Crippen molar-refractivity contribution in [3.05, 3.63) is 28.7 Å². The number of benzene rings is 1. The first-order valence-electron chi connectivity index (χ1n) is 8.15. The molecule has 1 aliphatic heterocycles. The van der Waals surface area contributed by atoms with Crippen molar-refractivity contribution in [2.24, 2.45) is 0 Å². The lowest BCUT2D eigenvalue weighted by Gasteiger charge is -2.31. The Bertz CT molecular complexity index is 668. The molecule has 1 heterocycles. The standard InChI is InChI=1S/C17H20BrN3O3/c1-11(14(22)19-13-7-5-12(18)6-8-13)21-15(23)17(20-16(21)24)9-3-2-4-10-17/h5-8,11H,2-4,9-10H2,1H3,(H,19,22)(H,20,24)/t11-/m1/s1. The highest BCUT2D eigenvalue weighted by molar-refractivity contribution is 9.10. The normalized spacial score (nSPS) is 20.8. The summed E-state index contributed by atoms with van der Waals surface area (Å²) in [4.78, 5) is 38.6. The first kappa shape index (κ1) is 17.0. The summed E-state index contributed by atoms with van der Waals surface area (Å²) in [5.74, 6) is -0.653. The van der Waals surface area contributed by atoms with Crippen LogP contribution < -0.4 is 10.6 Å². The summed E-state index contributed by atoms with van der Waals surface area (Å²) >= 11 is 3.33. The molecular formula is C17H20BrN3O3. The highest BCUT2D eigenvalue weighted by Gasteiger charge is 2.53. The van der Waals surface area contributed by atoms with Crippen LogP contribution in [0.2, 0.25) is 0 Å². The van der Waals surface area contributed by atoms with Gasteiger partial charge in [0.25, 0.3) is 5.91 Å². The number of halogens is 1. The summed E-state index contributed by atoms with van der Waals surface area (Å²) in [5.41, 5.74) is -0.184. The molecule has 0 radical (unpaired) electrons. The molecule has 1 aromatic carbocycles. The Labute approximate surface area is 149 Å². The third-order valence-corrected chi connectivity index (χ3v) is 5.31. The van der Waals surface area contributed by atoms with Crippen LogP contribution in [-0.2, 0) is 9.59 Å². The van der Waals surface area contributed by atoms with Crippen molar-refractivity contribution in [3.8, 4) is 0 Å². The van der Waals surface area contributed by atoms with Gasteiger partial charge in [-0.1, -0.05) is 35.2 Å². The summed E-state index contributed by atoms with van der Waals surface area (Å²) in [6, 6.07) is 5.80. The van der Waals surface area contributed by atoms with Crippen LogP contribution in [0.4, 0.5) is 10.5 Å². The first-order valence-corrected chi connectivity index (χ1v) is 8.94. The molecule has 2 N–H and O–H groups in total. The second-order valence-corrected chi connectivity index (χ2v) is 7.34. The molecule has 0 aromatic heterocycles. The van der Waals surface area contributed by atoms with Crippen LogP contribution >= 0.6 is 15.9 Å². The van der Waals surface area contributed by atoms with Gasteiger partial charge < -0.3 is 10.6 Å². The van der Waals surface area contributed by atoms with E-state index in [1.807, 2.05) is 12.1 Å². The number of rotatable bonds is 3. The molecule has 1 aliphatic carbocycles. The minimum Gasteiger partial charge on any atom is -0.324 e. The lowest BCUT2D eigenvalue weighted by molar-refractivity contribution is -0.137. The Morgan fingerprint density at radius 3 is 2.46 bits per heavy atom. The fourth-order valence-electron chi connectivity index (χ4n) is 3.38. The molecule has 128 valence electrons. The molecule has 0 unspecified atom stereocenters. The minimum absolute atomic E-state index is 0.273. The molecule has 24 heavy (non-hydrogen) atoms. The van der Waals surface area contributed by atoms with Crippen molar-refractivity contribution in [1.29, 1.82) is 0 Å². The van der Waals surface area contributed by atoms with Crippen molar-refractivity contribution in [2.75, 3.05) is 5.32 Å². The summed E-state index contributed by atoms with van der Waals surface area (Å²) in [5, 5.41) is 5.57. The summed E-state index contributed by atoms with van der Waals surface area (Å²) in [7, 11) is 0. The maximum atomic E-state index is 12.8. The average molecular weight is 394 g/mol. The molecule has 2 fully saturated rings. The van der Waals surface area contributed by atoms with Gasteiger partial charge in [0.05, 0.1) is 0 Å². The number of imide groups is 1. The Morgan fingerprint density at radius 1 is 1.21 bits per heavy atom. The second-order valence-electron chi connectivity index (χ2n) is 6.42. The van der Waals surface area contributed by atoms with E-state index in [9.17, 15) is 14.4 Å². The van der Waals surface area contributed by atoms with Gasteiger partial charge in [-0.15, -0.1) is 0 Å². The van der Waals surface area contributed by atoms with Gasteiger partial charge in [-0.05, 0) is 44.0 Å². The number of hydrogen-bond acceptors (Lipinski definition) is 3. The van der Waals surface area contributed by atoms with Crippen molar-refractivity contribution >= 4 is 39.5 Å². The lowest BCUT2D eigenvalue weighted by atomic mass is 9.81. The molecule has 7 heteroatoms. The van der Waals surface area contributed by atoms with Crippen LogP contribution in [0.25, 0.3) is 0 Å². The van der Waals surface area contributed by atoms with Crippen molar-refractivity contribution < 1.29 is 14.4 Å². The molecule has 0 bridgehead atoms. The Morgan fingerprint density at radius 2 is 1.83 bits per heavy atom. The van der Waals surface area contributed by atoms with Gasteiger partial charge in [0, 0.05) is 10.2 Å². The molecule has 1 aromatic rings. The molecular weight excluding hydrogens is 374 g/mol. The highest BCUT2D eigenvalue weighted by Crippen LogP contribution is 2.34. The predicted octanol–water partition coefficient (Wildman–Crippen LogP) is 3.03. The molecule has 1 saturated carbocycles. The average Bonchev–Trinajstić information content (AvgIpc) is 2.80. The van der Waals surface area contributed by atoms with E-state index in [1.54, 1.807) is 19.1 Å². The van der Waals surface area contributed by atoms with Crippen LogP contribution in [0, 0.1) is 0 Å². The fourth-order valence-corrected chi connectivity index (χ4v) is 3.65. The van der Waals surface area contributed by atoms with Gasteiger partial charge in [-0.2, -0.15) is 0 Å². The van der Waals surface area contributed by atoms with Crippen molar-refractivity contribution in [2.45, 2.75) is 50.6 Å². The van der Waals surface area contributed by atoms with E-state index in [-0.39, 0.29) is 11.8 Å². The Balaban J connectivity index is 1.72. The quantitative estimate of drug-likeness (QED) is 0.774. The van der Waals surface area contributed by atoms with Gasteiger partial charge in [0.15, 0.2) is 0 Å². The third kappa shape index (κ3) is 3.05. The SMILES string of the molecule is C[C@H](C(=O)Nc1ccc(Br)cc1)N1C(=O)NC2(CCCCC2)C1=O. The van der Waals surface area contributed by atoms with E-state index in [2.05, 4.69) is 26.6 Å².